The van der Waals surface area contributed by atoms with Crippen molar-refractivity contribution in [3.63, 3.8) is 0 Å². The molecule has 0 unspecified atom stereocenters. The number of fused-ring (bicyclic) bond motifs is 1. The van der Waals surface area contributed by atoms with E-state index in [1.165, 1.54) is 12.1 Å². The summed E-state index contributed by atoms with van der Waals surface area (Å²) in [6, 6.07) is 18.4. The quantitative estimate of drug-likeness (QED) is 0.327. The molecule has 1 fully saturated rings. The van der Waals surface area contributed by atoms with E-state index >= 15 is 0 Å². The first-order valence-electron chi connectivity index (χ1n) is 12.8. The Kier molecular flexibility index (Phi) is 6.32. The third-order valence-electron chi connectivity index (χ3n) is 7.15. The molecule has 3 N–H and O–H groups in total. The number of hydrogen-bond acceptors (Lipinski definition) is 6. The Morgan fingerprint density at radius 1 is 1.03 bits per heavy atom. The number of benzene rings is 2. The second-order valence-electron chi connectivity index (χ2n) is 9.83. The van der Waals surface area contributed by atoms with Gasteiger partial charge in [-0.15, -0.1) is 5.10 Å². The number of pyridine rings is 1. The van der Waals surface area contributed by atoms with Gasteiger partial charge in [0.25, 0.3) is 0 Å². The molecule has 0 amide bonds. The lowest BCUT2D eigenvalue weighted by molar-refractivity contribution is 0.335. The zero-order chi connectivity index (χ0) is 26.1. The van der Waals surface area contributed by atoms with Crippen molar-refractivity contribution >= 4 is 16.7 Å². The molecule has 2 aromatic carbocycles. The van der Waals surface area contributed by atoms with Crippen LogP contribution < -0.4 is 11.1 Å². The summed E-state index contributed by atoms with van der Waals surface area (Å²) in [5.74, 6) is 0.643. The van der Waals surface area contributed by atoms with E-state index in [1.807, 2.05) is 53.3 Å². The van der Waals surface area contributed by atoms with E-state index in [1.54, 1.807) is 23.1 Å². The van der Waals surface area contributed by atoms with Crippen molar-refractivity contribution in [3.8, 4) is 28.7 Å². The normalized spacial score (nSPS) is 17.4. The molecule has 1 aliphatic carbocycles. The molecule has 1 saturated carbocycles. The van der Waals surface area contributed by atoms with E-state index < -0.39 is 5.82 Å². The molecule has 2 atom stereocenters. The topological polar surface area (TPSA) is 110 Å². The fourth-order valence-corrected chi connectivity index (χ4v) is 5.18. The van der Waals surface area contributed by atoms with Crippen LogP contribution in [0.4, 0.5) is 10.2 Å². The predicted octanol–water partition coefficient (Wildman–Crippen LogP) is 5.21. The van der Waals surface area contributed by atoms with Crippen LogP contribution in [0.3, 0.4) is 0 Å². The lowest BCUT2D eigenvalue weighted by Gasteiger charge is -2.26. The standard InChI is InChI=1S/C29H27FN8/c30-26-14-20(4-5-21(26)16-31)28-15-29(34-17-19-2-1-3-23(32)12-19)36-38(28)25-6-7-27-22(13-25)18-37(35-27)24-8-10-33-11-9-24/h4-11,13-15,18-19,23H,1-3,12,17,32H2,(H,34,36)/t19-,23-/m0/s1. The second-order valence-corrected chi connectivity index (χ2v) is 9.83. The van der Waals surface area contributed by atoms with Gasteiger partial charge in [0.2, 0.25) is 0 Å². The van der Waals surface area contributed by atoms with Crippen LogP contribution in [0.1, 0.15) is 31.2 Å². The molecule has 0 saturated heterocycles. The molecular formula is C29H27FN8. The van der Waals surface area contributed by atoms with E-state index in [-0.39, 0.29) is 11.6 Å². The number of rotatable bonds is 6. The van der Waals surface area contributed by atoms with E-state index in [0.29, 0.717) is 17.3 Å². The number of anilines is 1. The molecule has 8 nitrogen and oxygen atoms in total. The minimum absolute atomic E-state index is 0.0109. The summed E-state index contributed by atoms with van der Waals surface area (Å²) in [6.45, 7) is 0.781. The van der Waals surface area contributed by atoms with Gasteiger partial charge in [0.05, 0.1) is 28.1 Å². The van der Waals surface area contributed by atoms with Crippen LogP contribution in [-0.4, -0.2) is 37.1 Å². The smallest absolute Gasteiger partial charge is 0.149 e. The molecule has 0 spiro atoms. The molecule has 6 rings (SSSR count). The van der Waals surface area contributed by atoms with Gasteiger partial charge in [-0.05, 0) is 67.6 Å². The summed E-state index contributed by atoms with van der Waals surface area (Å²) in [5, 5.41) is 23.1. The first-order chi connectivity index (χ1) is 18.6. The highest BCUT2D eigenvalue weighted by Crippen LogP contribution is 2.30. The maximum Gasteiger partial charge on any atom is 0.149 e. The van der Waals surface area contributed by atoms with E-state index in [4.69, 9.17) is 10.8 Å². The largest absolute Gasteiger partial charge is 0.368 e. The Hall–Kier alpha value is -4.55. The number of nitriles is 1. The first kappa shape index (κ1) is 23.8. The number of hydrogen-bond donors (Lipinski definition) is 2. The maximum atomic E-state index is 14.6. The minimum atomic E-state index is -0.558. The zero-order valence-corrected chi connectivity index (χ0v) is 20.8. The Morgan fingerprint density at radius 3 is 2.68 bits per heavy atom. The molecule has 0 radical (unpaired) electrons. The van der Waals surface area contributed by atoms with Crippen molar-refractivity contribution in [2.45, 2.75) is 31.7 Å². The molecule has 5 aromatic rings. The average Bonchev–Trinajstić information content (AvgIpc) is 3.57. The third-order valence-corrected chi connectivity index (χ3v) is 7.15. The number of aromatic nitrogens is 5. The van der Waals surface area contributed by atoms with Crippen molar-refractivity contribution in [1.29, 1.82) is 5.26 Å². The van der Waals surface area contributed by atoms with E-state index in [2.05, 4.69) is 15.4 Å². The first-order valence-corrected chi connectivity index (χ1v) is 12.8. The highest BCUT2D eigenvalue weighted by molar-refractivity contribution is 5.81. The van der Waals surface area contributed by atoms with Gasteiger partial charge >= 0.3 is 0 Å². The van der Waals surface area contributed by atoms with Crippen molar-refractivity contribution in [2.75, 3.05) is 11.9 Å². The predicted molar refractivity (Wildman–Crippen MR) is 145 cm³/mol. The van der Waals surface area contributed by atoms with Crippen molar-refractivity contribution in [2.24, 2.45) is 11.7 Å². The van der Waals surface area contributed by atoms with Crippen molar-refractivity contribution in [3.05, 3.63) is 84.6 Å². The van der Waals surface area contributed by atoms with Gasteiger partial charge < -0.3 is 11.1 Å². The van der Waals surface area contributed by atoms with Crippen LogP contribution in [0.25, 0.3) is 33.5 Å². The Balaban J connectivity index is 1.37. The summed E-state index contributed by atoms with van der Waals surface area (Å²) in [6.07, 6.45) is 9.80. The van der Waals surface area contributed by atoms with Crippen LogP contribution in [0, 0.1) is 23.1 Å². The monoisotopic (exact) mass is 506 g/mol. The van der Waals surface area contributed by atoms with E-state index in [9.17, 15) is 9.65 Å². The van der Waals surface area contributed by atoms with Gasteiger partial charge in [-0.1, -0.05) is 12.5 Å². The van der Waals surface area contributed by atoms with Crippen LogP contribution >= 0.6 is 0 Å². The van der Waals surface area contributed by atoms with Crippen LogP contribution in [-0.2, 0) is 0 Å². The maximum absolute atomic E-state index is 14.6. The number of halogens is 1. The van der Waals surface area contributed by atoms with Crippen LogP contribution in [0.2, 0.25) is 0 Å². The Labute approximate surface area is 219 Å². The molecule has 9 heteroatoms. The molecule has 3 heterocycles. The third kappa shape index (κ3) is 4.74. The van der Waals surface area contributed by atoms with E-state index in [0.717, 1.165) is 60.2 Å². The summed E-state index contributed by atoms with van der Waals surface area (Å²) in [4.78, 5) is 4.08. The summed E-state index contributed by atoms with van der Waals surface area (Å²) >= 11 is 0. The molecule has 38 heavy (non-hydrogen) atoms. The van der Waals surface area contributed by atoms with Gasteiger partial charge in [-0.2, -0.15) is 10.4 Å². The fourth-order valence-electron chi connectivity index (χ4n) is 5.18. The summed E-state index contributed by atoms with van der Waals surface area (Å²) in [7, 11) is 0. The lowest BCUT2D eigenvalue weighted by Crippen LogP contribution is -2.31. The summed E-state index contributed by atoms with van der Waals surface area (Å²) < 4.78 is 18.2. The SMILES string of the molecule is N#Cc1ccc(-c2cc(NC[C@H]3CCC[C@H](N)C3)nn2-c2ccc3nn(-c4ccncc4)cc3c2)cc1F. The molecule has 0 aliphatic heterocycles. The summed E-state index contributed by atoms with van der Waals surface area (Å²) in [5.41, 5.74) is 10.1. The van der Waals surface area contributed by atoms with Crippen molar-refractivity contribution < 1.29 is 4.39 Å². The molecule has 1 aliphatic rings. The van der Waals surface area contributed by atoms with Gasteiger partial charge in [0.15, 0.2) is 0 Å². The van der Waals surface area contributed by atoms with Crippen LogP contribution in [0.5, 0.6) is 0 Å². The van der Waals surface area contributed by atoms with Gasteiger partial charge in [0, 0.05) is 48.2 Å². The number of nitrogens with one attached hydrogen (secondary N) is 1. The Bertz CT molecular complexity index is 1630. The fraction of sp³-hybridized carbons (Fsp3) is 0.241. The second kappa shape index (κ2) is 10.1. The zero-order valence-electron chi connectivity index (χ0n) is 20.8. The number of nitrogens with zero attached hydrogens (tertiary/aromatic N) is 6. The molecule has 0 bridgehead atoms. The van der Waals surface area contributed by atoms with Crippen LogP contribution in [0.15, 0.2) is 73.2 Å². The molecule has 3 aromatic heterocycles. The molecular weight excluding hydrogens is 479 g/mol. The highest BCUT2D eigenvalue weighted by atomic mass is 19.1. The van der Waals surface area contributed by atoms with Gasteiger partial charge in [-0.25, -0.2) is 13.8 Å². The van der Waals surface area contributed by atoms with Crippen molar-refractivity contribution in [1.82, 2.24) is 24.5 Å². The number of nitrogens with two attached hydrogens (primary N) is 1. The van der Waals surface area contributed by atoms with Gasteiger partial charge in [0.1, 0.15) is 17.7 Å². The van der Waals surface area contributed by atoms with Gasteiger partial charge in [-0.3, -0.25) is 4.98 Å². The molecule has 190 valence electrons. The Morgan fingerprint density at radius 2 is 1.89 bits per heavy atom. The highest BCUT2D eigenvalue weighted by Gasteiger charge is 2.20. The lowest BCUT2D eigenvalue weighted by atomic mass is 9.86. The average molecular weight is 507 g/mol. The minimum Gasteiger partial charge on any atom is -0.368 e.